The lowest BCUT2D eigenvalue weighted by molar-refractivity contribution is -0.384. The molecule has 0 radical (unpaired) electrons. The summed E-state index contributed by atoms with van der Waals surface area (Å²) in [5.74, 6) is -0.543. The van der Waals surface area contributed by atoms with Crippen molar-refractivity contribution in [2.75, 3.05) is 17.2 Å². The minimum Gasteiger partial charge on any atom is -0.380 e. The Morgan fingerprint density at radius 2 is 2.00 bits per heavy atom. The van der Waals surface area contributed by atoms with E-state index < -0.39 is 10.8 Å². The van der Waals surface area contributed by atoms with Crippen LogP contribution in [0.3, 0.4) is 0 Å². The average molecular weight is 287 g/mol. The number of nitrogens with zero attached hydrogens (tertiary/aromatic N) is 3. The number of para-hydroxylation sites is 1. The highest BCUT2D eigenvalue weighted by Gasteiger charge is 2.24. The van der Waals surface area contributed by atoms with E-state index in [4.69, 9.17) is 0 Å². The van der Waals surface area contributed by atoms with Gasteiger partial charge in [-0.05, 0) is 25.1 Å². The molecular weight excluding hydrogens is 274 g/mol. The fourth-order valence-corrected chi connectivity index (χ4v) is 1.79. The van der Waals surface area contributed by atoms with Crippen molar-refractivity contribution in [2.24, 2.45) is 0 Å². The summed E-state index contributed by atoms with van der Waals surface area (Å²) < 4.78 is 0. The molecule has 0 aliphatic rings. The molecule has 0 aliphatic carbocycles. The minimum atomic E-state index is -0.632. The second-order valence-electron chi connectivity index (χ2n) is 4.02. The monoisotopic (exact) mass is 287 g/mol. The van der Waals surface area contributed by atoms with E-state index in [2.05, 4.69) is 20.6 Å². The average Bonchev–Trinajstić information content (AvgIpc) is 2.48. The van der Waals surface area contributed by atoms with Crippen molar-refractivity contribution in [1.82, 2.24) is 9.97 Å². The third-order valence-electron chi connectivity index (χ3n) is 2.62. The number of anilines is 2. The molecule has 0 bridgehead atoms. The molecule has 0 fully saturated rings. The number of nitro groups is 1. The predicted octanol–water partition coefficient (Wildman–Crippen LogP) is 2.07. The van der Waals surface area contributed by atoms with Crippen LogP contribution < -0.4 is 10.6 Å². The van der Waals surface area contributed by atoms with E-state index in [-0.39, 0.29) is 17.2 Å². The van der Waals surface area contributed by atoms with Crippen molar-refractivity contribution >= 4 is 23.2 Å². The van der Waals surface area contributed by atoms with Crippen molar-refractivity contribution in [3.63, 3.8) is 0 Å². The second kappa shape index (κ2) is 6.42. The van der Waals surface area contributed by atoms with Gasteiger partial charge in [0.15, 0.2) is 0 Å². The van der Waals surface area contributed by atoms with Crippen LogP contribution in [0.15, 0.2) is 36.7 Å². The first-order valence-corrected chi connectivity index (χ1v) is 6.23. The van der Waals surface area contributed by atoms with Gasteiger partial charge >= 0.3 is 5.69 Å². The van der Waals surface area contributed by atoms with Crippen LogP contribution in [0, 0.1) is 10.1 Å². The van der Waals surface area contributed by atoms with Crippen molar-refractivity contribution in [1.29, 1.82) is 0 Å². The van der Waals surface area contributed by atoms with Gasteiger partial charge in [0.2, 0.25) is 5.95 Å². The SMILES string of the molecule is CCNc1cccc(C(=O)Nc2ncccn2)c1[N+](=O)[O-]. The summed E-state index contributed by atoms with van der Waals surface area (Å²) in [4.78, 5) is 30.5. The van der Waals surface area contributed by atoms with E-state index >= 15 is 0 Å². The molecule has 1 heterocycles. The number of rotatable bonds is 5. The first-order chi connectivity index (χ1) is 10.1. The van der Waals surface area contributed by atoms with Crippen LogP contribution in [0.25, 0.3) is 0 Å². The van der Waals surface area contributed by atoms with Gasteiger partial charge in [-0.2, -0.15) is 0 Å². The molecule has 0 aliphatic heterocycles. The zero-order valence-electron chi connectivity index (χ0n) is 11.2. The Labute approximate surface area is 120 Å². The van der Waals surface area contributed by atoms with Crippen molar-refractivity contribution < 1.29 is 9.72 Å². The zero-order chi connectivity index (χ0) is 15.2. The Kier molecular flexibility index (Phi) is 4.39. The molecule has 0 saturated heterocycles. The van der Waals surface area contributed by atoms with Gasteiger partial charge < -0.3 is 5.32 Å². The molecule has 8 nitrogen and oxygen atoms in total. The molecule has 0 saturated carbocycles. The van der Waals surface area contributed by atoms with Crippen molar-refractivity contribution in [3.8, 4) is 0 Å². The Morgan fingerprint density at radius 3 is 2.62 bits per heavy atom. The van der Waals surface area contributed by atoms with E-state index in [0.717, 1.165) is 0 Å². The molecule has 0 unspecified atom stereocenters. The van der Waals surface area contributed by atoms with Crippen LogP contribution in [0.1, 0.15) is 17.3 Å². The van der Waals surface area contributed by atoms with Crippen LogP contribution in [0.2, 0.25) is 0 Å². The van der Waals surface area contributed by atoms with Gasteiger partial charge in [-0.25, -0.2) is 9.97 Å². The first kappa shape index (κ1) is 14.4. The number of nitro benzene ring substituents is 1. The number of nitrogens with one attached hydrogen (secondary N) is 2. The molecule has 2 N–H and O–H groups in total. The molecule has 0 atom stereocenters. The third kappa shape index (κ3) is 3.30. The fourth-order valence-electron chi connectivity index (χ4n) is 1.79. The second-order valence-corrected chi connectivity index (χ2v) is 4.02. The van der Waals surface area contributed by atoms with Crippen LogP contribution in [-0.4, -0.2) is 27.3 Å². The van der Waals surface area contributed by atoms with Crippen LogP contribution >= 0.6 is 0 Å². The maximum absolute atomic E-state index is 12.2. The van der Waals surface area contributed by atoms with E-state index in [9.17, 15) is 14.9 Å². The zero-order valence-corrected chi connectivity index (χ0v) is 11.2. The first-order valence-electron chi connectivity index (χ1n) is 6.23. The molecule has 1 aromatic heterocycles. The van der Waals surface area contributed by atoms with E-state index in [0.29, 0.717) is 12.2 Å². The third-order valence-corrected chi connectivity index (χ3v) is 2.62. The van der Waals surface area contributed by atoms with Crippen LogP contribution in [0.4, 0.5) is 17.3 Å². The highest BCUT2D eigenvalue weighted by Crippen LogP contribution is 2.28. The number of carbonyl (C=O) groups excluding carboxylic acids is 1. The number of hydrogen-bond acceptors (Lipinski definition) is 6. The van der Waals surface area contributed by atoms with Gasteiger partial charge in [0.1, 0.15) is 11.3 Å². The molecule has 0 spiro atoms. The molecule has 21 heavy (non-hydrogen) atoms. The van der Waals surface area contributed by atoms with Gasteiger partial charge in [0.25, 0.3) is 5.91 Å². The molecule has 8 heteroatoms. The lowest BCUT2D eigenvalue weighted by Gasteiger charge is -2.08. The summed E-state index contributed by atoms with van der Waals surface area (Å²) in [5, 5.41) is 16.5. The number of hydrogen-bond donors (Lipinski definition) is 2. The van der Waals surface area contributed by atoms with Crippen molar-refractivity contribution in [3.05, 3.63) is 52.3 Å². The minimum absolute atomic E-state index is 0.0501. The molecule has 2 rings (SSSR count). The highest BCUT2D eigenvalue weighted by atomic mass is 16.6. The van der Waals surface area contributed by atoms with Gasteiger partial charge in [-0.1, -0.05) is 6.07 Å². The summed E-state index contributed by atoms with van der Waals surface area (Å²) in [6.07, 6.45) is 2.93. The lowest BCUT2D eigenvalue weighted by atomic mass is 10.1. The predicted molar refractivity (Wildman–Crippen MR) is 77.2 cm³/mol. The standard InChI is InChI=1S/C13H13N5O3/c1-2-14-10-6-3-5-9(11(10)18(20)21)12(19)17-13-15-7-4-8-16-13/h3-8,14H,2H2,1H3,(H,15,16,17,19). The molecule has 1 aromatic carbocycles. The topological polar surface area (TPSA) is 110 Å². The summed E-state index contributed by atoms with van der Waals surface area (Å²) >= 11 is 0. The summed E-state index contributed by atoms with van der Waals surface area (Å²) in [5.41, 5.74) is -0.0252. The number of carbonyl (C=O) groups is 1. The Bertz CT molecular complexity index is 660. The van der Waals surface area contributed by atoms with E-state index in [1.807, 2.05) is 6.92 Å². The number of aromatic nitrogens is 2. The number of benzene rings is 1. The summed E-state index contributed by atoms with van der Waals surface area (Å²) in [7, 11) is 0. The van der Waals surface area contributed by atoms with Gasteiger partial charge in [0, 0.05) is 18.9 Å². The molecule has 2 aromatic rings. The van der Waals surface area contributed by atoms with Crippen molar-refractivity contribution in [2.45, 2.75) is 6.92 Å². The lowest BCUT2D eigenvalue weighted by Crippen LogP contribution is -2.16. The maximum Gasteiger partial charge on any atom is 0.305 e. The largest absolute Gasteiger partial charge is 0.380 e. The van der Waals surface area contributed by atoms with Gasteiger partial charge in [0.05, 0.1) is 4.92 Å². The Morgan fingerprint density at radius 1 is 1.29 bits per heavy atom. The fraction of sp³-hybridized carbons (Fsp3) is 0.154. The van der Waals surface area contributed by atoms with Crippen LogP contribution in [0.5, 0.6) is 0 Å². The summed E-state index contributed by atoms with van der Waals surface area (Å²) in [6, 6.07) is 6.12. The van der Waals surface area contributed by atoms with Gasteiger partial charge in [-0.3, -0.25) is 20.2 Å². The molecule has 108 valence electrons. The number of amides is 1. The van der Waals surface area contributed by atoms with E-state index in [1.165, 1.54) is 18.5 Å². The molecular formula is C13H13N5O3. The summed E-state index contributed by atoms with van der Waals surface area (Å²) in [6.45, 7) is 2.32. The quantitative estimate of drug-likeness (QED) is 0.643. The van der Waals surface area contributed by atoms with E-state index in [1.54, 1.807) is 18.2 Å². The highest BCUT2D eigenvalue weighted by molar-refractivity contribution is 6.07. The van der Waals surface area contributed by atoms with Gasteiger partial charge in [-0.15, -0.1) is 0 Å². The maximum atomic E-state index is 12.2. The Balaban J connectivity index is 2.36. The normalized spacial score (nSPS) is 9.95. The Hall–Kier alpha value is -3.03. The molecule has 1 amide bonds. The van der Waals surface area contributed by atoms with Crippen LogP contribution in [-0.2, 0) is 0 Å². The smallest absolute Gasteiger partial charge is 0.305 e.